The second-order valence-electron chi connectivity index (χ2n) is 6.28. The second-order valence-corrected chi connectivity index (χ2v) is 6.28. The zero-order valence-corrected chi connectivity index (χ0v) is 12.4. The van der Waals surface area contributed by atoms with Gasteiger partial charge in [-0.05, 0) is 51.6 Å². The predicted molar refractivity (Wildman–Crippen MR) is 76.9 cm³/mol. The number of unbranched alkanes of at least 4 members (excludes halogenated alkanes) is 1. The van der Waals surface area contributed by atoms with E-state index >= 15 is 0 Å². The van der Waals surface area contributed by atoms with Crippen LogP contribution in [0, 0.1) is 0 Å². The van der Waals surface area contributed by atoms with Gasteiger partial charge in [-0.1, -0.05) is 33.1 Å². The first-order valence-electron chi connectivity index (χ1n) is 8.17. The number of fused-ring (bicyclic) bond motifs is 1. The minimum absolute atomic E-state index is 0.443. The standard InChI is InChI=1S/C16H31NO/c1-3-5-9-15(8-4-2)18-14-16-10-6-12-17(16)13-7-11-16/h15H,3-14H2,1-2H3. The van der Waals surface area contributed by atoms with Gasteiger partial charge in [-0.15, -0.1) is 0 Å². The van der Waals surface area contributed by atoms with Crippen LogP contribution in [0.3, 0.4) is 0 Å². The average Bonchev–Trinajstić information content (AvgIpc) is 2.92. The molecule has 0 aromatic carbocycles. The van der Waals surface area contributed by atoms with Gasteiger partial charge in [-0.25, -0.2) is 0 Å². The van der Waals surface area contributed by atoms with E-state index in [9.17, 15) is 0 Å². The Kier molecular flexibility index (Phi) is 5.50. The summed E-state index contributed by atoms with van der Waals surface area (Å²) >= 11 is 0. The Morgan fingerprint density at radius 3 is 2.39 bits per heavy atom. The van der Waals surface area contributed by atoms with E-state index in [0.717, 1.165) is 6.61 Å². The highest BCUT2D eigenvalue weighted by molar-refractivity contribution is 5.00. The minimum atomic E-state index is 0.443. The Bertz CT molecular complexity index is 231. The van der Waals surface area contributed by atoms with Gasteiger partial charge in [0.15, 0.2) is 0 Å². The molecule has 106 valence electrons. The van der Waals surface area contributed by atoms with Gasteiger partial charge >= 0.3 is 0 Å². The SMILES string of the molecule is CCCCC(CCC)OCC12CCCN1CCC2. The zero-order valence-electron chi connectivity index (χ0n) is 12.4. The van der Waals surface area contributed by atoms with Crippen molar-refractivity contribution in [2.45, 2.75) is 83.3 Å². The maximum absolute atomic E-state index is 6.33. The Morgan fingerprint density at radius 1 is 1.06 bits per heavy atom. The number of hydrogen-bond donors (Lipinski definition) is 0. The lowest BCUT2D eigenvalue weighted by molar-refractivity contribution is -0.0202. The summed E-state index contributed by atoms with van der Waals surface area (Å²) in [5.41, 5.74) is 0.443. The third-order valence-electron chi connectivity index (χ3n) is 4.89. The topological polar surface area (TPSA) is 12.5 Å². The van der Waals surface area contributed by atoms with E-state index in [1.54, 1.807) is 0 Å². The molecule has 0 N–H and O–H groups in total. The molecule has 2 heterocycles. The Labute approximate surface area is 113 Å². The summed E-state index contributed by atoms with van der Waals surface area (Å²) < 4.78 is 6.33. The molecule has 2 heteroatoms. The first-order valence-corrected chi connectivity index (χ1v) is 8.17. The second kappa shape index (κ2) is 6.91. The van der Waals surface area contributed by atoms with Gasteiger partial charge in [-0.2, -0.15) is 0 Å². The van der Waals surface area contributed by atoms with Gasteiger partial charge in [0.25, 0.3) is 0 Å². The van der Waals surface area contributed by atoms with Crippen LogP contribution >= 0.6 is 0 Å². The molecule has 2 aliphatic rings. The molecule has 2 aliphatic heterocycles. The zero-order chi connectivity index (χ0) is 12.8. The maximum atomic E-state index is 6.33. The summed E-state index contributed by atoms with van der Waals surface area (Å²) in [4.78, 5) is 2.70. The van der Waals surface area contributed by atoms with Crippen molar-refractivity contribution in [1.29, 1.82) is 0 Å². The molecular formula is C16H31NO. The molecular weight excluding hydrogens is 222 g/mol. The molecule has 2 fully saturated rings. The minimum Gasteiger partial charge on any atom is -0.376 e. The normalized spacial score (nSPS) is 24.3. The van der Waals surface area contributed by atoms with Crippen LogP contribution in [0.15, 0.2) is 0 Å². The van der Waals surface area contributed by atoms with Crippen molar-refractivity contribution in [2.75, 3.05) is 19.7 Å². The van der Waals surface area contributed by atoms with Crippen LogP contribution in [-0.2, 0) is 4.74 Å². The van der Waals surface area contributed by atoms with Crippen LogP contribution in [0.5, 0.6) is 0 Å². The summed E-state index contributed by atoms with van der Waals surface area (Å²) in [6.07, 6.45) is 12.4. The highest BCUT2D eigenvalue weighted by atomic mass is 16.5. The van der Waals surface area contributed by atoms with E-state index in [-0.39, 0.29) is 0 Å². The maximum Gasteiger partial charge on any atom is 0.0654 e. The molecule has 1 unspecified atom stereocenters. The fraction of sp³-hybridized carbons (Fsp3) is 1.00. The Balaban J connectivity index is 1.80. The molecule has 0 amide bonds. The van der Waals surface area contributed by atoms with Crippen LogP contribution < -0.4 is 0 Å². The van der Waals surface area contributed by atoms with Crippen LogP contribution in [0.4, 0.5) is 0 Å². The highest BCUT2D eigenvalue weighted by Crippen LogP contribution is 2.39. The van der Waals surface area contributed by atoms with E-state index in [4.69, 9.17) is 4.74 Å². The van der Waals surface area contributed by atoms with Crippen molar-refractivity contribution < 1.29 is 4.74 Å². The Morgan fingerprint density at radius 2 is 1.78 bits per heavy atom. The molecule has 2 saturated heterocycles. The Hall–Kier alpha value is -0.0800. The summed E-state index contributed by atoms with van der Waals surface area (Å²) in [5, 5.41) is 0. The lowest BCUT2D eigenvalue weighted by Crippen LogP contribution is -2.43. The third-order valence-corrected chi connectivity index (χ3v) is 4.89. The van der Waals surface area contributed by atoms with Gasteiger partial charge in [0.05, 0.1) is 12.7 Å². The summed E-state index contributed by atoms with van der Waals surface area (Å²) in [7, 11) is 0. The fourth-order valence-electron chi connectivity index (χ4n) is 3.80. The fourth-order valence-corrected chi connectivity index (χ4v) is 3.80. The van der Waals surface area contributed by atoms with Crippen molar-refractivity contribution in [3.63, 3.8) is 0 Å². The molecule has 0 saturated carbocycles. The molecule has 0 aromatic rings. The van der Waals surface area contributed by atoms with E-state index in [1.807, 2.05) is 0 Å². The number of rotatable bonds is 8. The molecule has 0 aliphatic carbocycles. The van der Waals surface area contributed by atoms with Crippen LogP contribution in [-0.4, -0.2) is 36.2 Å². The smallest absolute Gasteiger partial charge is 0.0654 e. The van der Waals surface area contributed by atoms with Gasteiger partial charge in [0.2, 0.25) is 0 Å². The quantitative estimate of drug-likeness (QED) is 0.648. The van der Waals surface area contributed by atoms with Crippen LogP contribution in [0.25, 0.3) is 0 Å². The van der Waals surface area contributed by atoms with Crippen molar-refractivity contribution in [3.05, 3.63) is 0 Å². The monoisotopic (exact) mass is 253 g/mol. The first-order chi connectivity index (χ1) is 8.80. The van der Waals surface area contributed by atoms with E-state index in [1.165, 1.54) is 70.9 Å². The van der Waals surface area contributed by atoms with Gasteiger partial charge in [-0.3, -0.25) is 4.90 Å². The van der Waals surface area contributed by atoms with Gasteiger partial charge in [0.1, 0.15) is 0 Å². The summed E-state index contributed by atoms with van der Waals surface area (Å²) in [6.45, 7) is 8.18. The number of ether oxygens (including phenoxy) is 1. The molecule has 0 spiro atoms. The number of nitrogens with zero attached hydrogens (tertiary/aromatic N) is 1. The summed E-state index contributed by atoms with van der Waals surface area (Å²) in [6, 6.07) is 0. The lowest BCUT2D eigenvalue weighted by Gasteiger charge is -2.33. The molecule has 0 aromatic heterocycles. The van der Waals surface area contributed by atoms with Crippen LogP contribution in [0.2, 0.25) is 0 Å². The van der Waals surface area contributed by atoms with Crippen molar-refractivity contribution in [2.24, 2.45) is 0 Å². The molecule has 2 nitrogen and oxygen atoms in total. The molecule has 1 atom stereocenters. The predicted octanol–water partition coefficient (Wildman–Crippen LogP) is 3.99. The molecule has 0 radical (unpaired) electrons. The molecule has 0 bridgehead atoms. The van der Waals surface area contributed by atoms with Crippen molar-refractivity contribution in [3.8, 4) is 0 Å². The largest absolute Gasteiger partial charge is 0.376 e. The average molecular weight is 253 g/mol. The van der Waals surface area contributed by atoms with Gasteiger partial charge in [0, 0.05) is 5.54 Å². The van der Waals surface area contributed by atoms with Crippen LogP contribution in [0.1, 0.15) is 71.6 Å². The van der Waals surface area contributed by atoms with E-state index in [0.29, 0.717) is 11.6 Å². The number of hydrogen-bond acceptors (Lipinski definition) is 2. The van der Waals surface area contributed by atoms with Crippen molar-refractivity contribution in [1.82, 2.24) is 4.90 Å². The molecule has 18 heavy (non-hydrogen) atoms. The van der Waals surface area contributed by atoms with E-state index < -0.39 is 0 Å². The summed E-state index contributed by atoms with van der Waals surface area (Å²) in [5.74, 6) is 0. The molecule has 2 rings (SSSR count). The van der Waals surface area contributed by atoms with E-state index in [2.05, 4.69) is 18.7 Å². The van der Waals surface area contributed by atoms with Gasteiger partial charge < -0.3 is 4.74 Å². The first kappa shape index (κ1) is 14.3. The lowest BCUT2D eigenvalue weighted by atomic mass is 9.95. The highest BCUT2D eigenvalue weighted by Gasteiger charge is 2.44. The third kappa shape index (κ3) is 3.27. The van der Waals surface area contributed by atoms with Crippen molar-refractivity contribution >= 4 is 0 Å².